The number of aromatic nitrogens is 4. The first-order valence-corrected chi connectivity index (χ1v) is 8.32. The Balaban J connectivity index is 0.000000277. The van der Waals surface area contributed by atoms with E-state index in [0.29, 0.717) is 5.69 Å². The molecule has 3 rings (SSSR count). The molecule has 0 aliphatic rings. The first-order valence-electron chi connectivity index (χ1n) is 8.32. The molecule has 0 aromatic carbocycles. The Labute approximate surface area is 174 Å². The van der Waals surface area contributed by atoms with Gasteiger partial charge in [-0.15, -0.1) is 5.59 Å². The highest BCUT2D eigenvalue weighted by Gasteiger charge is 2.12. The molecule has 13 heteroatoms. The Hall–Kier alpha value is -3.68. The van der Waals surface area contributed by atoms with E-state index in [0.717, 1.165) is 30.3 Å². The van der Waals surface area contributed by atoms with Gasteiger partial charge in [-0.1, -0.05) is 0 Å². The van der Waals surface area contributed by atoms with Gasteiger partial charge in [-0.05, 0) is 30.3 Å². The molecule has 0 bridgehead atoms. The Kier molecular flexibility index (Phi) is 10.5. The maximum absolute atomic E-state index is 13.1. The number of halogens is 4. The van der Waals surface area contributed by atoms with Crippen LogP contribution in [0.5, 0.6) is 0 Å². The van der Waals surface area contributed by atoms with Gasteiger partial charge in [0.1, 0.15) is 11.4 Å². The van der Waals surface area contributed by atoms with E-state index in [1.165, 1.54) is 24.1 Å². The van der Waals surface area contributed by atoms with Crippen molar-refractivity contribution in [3.63, 3.8) is 0 Å². The van der Waals surface area contributed by atoms with E-state index in [9.17, 15) is 22.4 Å². The van der Waals surface area contributed by atoms with Crippen LogP contribution in [0.1, 0.15) is 10.5 Å². The SMILES string of the molecule is CN(C)/C=C/C(=O)c1nc(F)ccc1F.Fc1ccc(F)c(-c2ccn[nH]2)n1.NNO. The number of hydrogen-bond donors (Lipinski definition) is 4. The minimum absolute atomic E-state index is 0.0579. The molecule has 3 aromatic heterocycles. The Bertz CT molecular complexity index is 999. The van der Waals surface area contributed by atoms with Gasteiger partial charge in [-0.25, -0.2) is 24.6 Å². The normalized spacial score (nSPS) is 10.1. The molecule has 31 heavy (non-hydrogen) atoms. The average Bonchev–Trinajstić information content (AvgIpc) is 3.25. The zero-order chi connectivity index (χ0) is 23.4. The molecular weight excluding hydrogens is 422 g/mol. The third-order valence-corrected chi connectivity index (χ3v) is 3.14. The summed E-state index contributed by atoms with van der Waals surface area (Å²) in [5.41, 5.74) is 1.04. The topological polar surface area (TPSA) is 133 Å². The van der Waals surface area contributed by atoms with Crippen molar-refractivity contribution in [2.24, 2.45) is 5.84 Å². The summed E-state index contributed by atoms with van der Waals surface area (Å²) in [6.07, 6.45) is 4.01. The summed E-state index contributed by atoms with van der Waals surface area (Å²) in [6, 6.07) is 5.25. The molecule has 3 aromatic rings. The van der Waals surface area contributed by atoms with Gasteiger partial charge in [-0.3, -0.25) is 9.89 Å². The second-order valence-corrected chi connectivity index (χ2v) is 5.67. The second kappa shape index (κ2) is 12.8. The number of nitrogens with one attached hydrogen (secondary N) is 2. The van der Waals surface area contributed by atoms with E-state index in [-0.39, 0.29) is 5.69 Å². The van der Waals surface area contributed by atoms with Crippen LogP contribution < -0.4 is 11.4 Å². The van der Waals surface area contributed by atoms with Crippen molar-refractivity contribution in [2.75, 3.05) is 14.1 Å². The number of pyridine rings is 2. The van der Waals surface area contributed by atoms with E-state index in [1.54, 1.807) is 19.0 Å². The van der Waals surface area contributed by atoms with Gasteiger partial charge in [0.25, 0.3) is 0 Å². The molecule has 9 nitrogen and oxygen atoms in total. The number of carbonyl (C=O) groups is 1. The fourth-order valence-electron chi connectivity index (χ4n) is 1.88. The van der Waals surface area contributed by atoms with Gasteiger partial charge in [-0.2, -0.15) is 13.9 Å². The standard InChI is InChI=1S/C10H10F2N2O.C8H5F2N3.H4N2O/c1-14(2)6-5-8(15)10-7(11)3-4-9(12)13-10;9-5-1-2-7(10)12-8(5)6-3-4-11-13-6;1-2-3/h3-6H,1-2H3;1-4H,(H,11,13);2-3H,1H2/b6-5+;;. The highest BCUT2D eigenvalue weighted by atomic mass is 19.1. The Morgan fingerprint density at radius 3 is 2.19 bits per heavy atom. The lowest BCUT2D eigenvalue weighted by Crippen LogP contribution is -2.14. The van der Waals surface area contributed by atoms with Crippen LogP contribution >= 0.6 is 0 Å². The van der Waals surface area contributed by atoms with E-state index in [2.05, 4.69) is 26.0 Å². The summed E-state index contributed by atoms with van der Waals surface area (Å²) in [5, 5.41) is 13.2. The van der Waals surface area contributed by atoms with Gasteiger partial charge in [0.05, 0.1) is 5.69 Å². The number of rotatable bonds is 4. The lowest BCUT2D eigenvalue weighted by Gasteiger charge is -2.02. The smallest absolute Gasteiger partial charge is 0.213 e. The van der Waals surface area contributed by atoms with Crippen molar-refractivity contribution >= 4 is 5.78 Å². The van der Waals surface area contributed by atoms with Crippen molar-refractivity contribution < 1.29 is 27.6 Å². The lowest BCUT2D eigenvalue weighted by molar-refractivity contribution is 0.103. The number of aromatic amines is 1. The van der Waals surface area contributed by atoms with Crippen molar-refractivity contribution in [1.29, 1.82) is 0 Å². The third kappa shape index (κ3) is 8.69. The maximum atomic E-state index is 13.1. The Morgan fingerprint density at radius 2 is 1.65 bits per heavy atom. The fourth-order valence-corrected chi connectivity index (χ4v) is 1.88. The van der Waals surface area contributed by atoms with Crippen LogP contribution in [0.25, 0.3) is 11.4 Å². The number of carbonyl (C=O) groups excluding carboxylic acids is 1. The van der Waals surface area contributed by atoms with E-state index < -0.39 is 35.0 Å². The van der Waals surface area contributed by atoms with Crippen LogP contribution in [0, 0.1) is 23.5 Å². The highest BCUT2D eigenvalue weighted by molar-refractivity contribution is 6.03. The number of nitrogens with zero attached hydrogens (tertiary/aromatic N) is 4. The monoisotopic (exact) mass is 441 g/mol. The molecule has 0 spiro atoms. The van der Waals surface area contributed by atoms with Crippen molar-refractivity contribution in [3.8, 4) is 11.4 Å². The van der Waals surface area contributed by atoms with Crippen LogP contribution in [-0.4, -0.2) is 50.2 Å². The zero-order valence-electron chi connectivity index (χ0n) is 16.4. The van der Waals surface area contributed by atoms with Crippen LogP contribution in [0.2, 0.25) is 0 Å². The summed E-state index contributed by atoms with van der Waals surface area (Å²) in [6.45, 7) is 0. The van der Waals surface area contributed by atoms with Crippen molar-refractivity contribution in [1.82, 2.24) is 30.7 Å². The molecule has 5 N–H and O–H groups in total. The van der Waals surface area contributed by atoms with Gasteiger partial charge in [0, 0.05) is 32.6 Å². The molecule has 0 fully saturated rings. The third-order valence-electron chi connectivity index (χ3n) is 3.14. The van der Waals surface area contributed by atoms with Crippen LogP contribution in [-0.2, 0) is 0 Å². The van der Waals surface area contributed by atoms with E-state index >= 15 is 0 Å². The predicted octanol–water partition coefficient (Wildman–Crippen LogP) is 2.21. The second-order valence-electron chi connectivity index (χ2n) is 5.67. The fraction of sp³-hybridized carbons (Fsp3) is 0.111. The minimum atomic E-state index is -0.877. The molecule has 0 saturated heterocycles. The van der Waals surface area contributed by atoms with Crippen molar-refractivity contribution in [2.45, 2.75) is 0 Å². The first kappa shape index (κ1) is 25.4. The summed E-state index contributed by atoms with van der Waals surface area (Å²) in [5.74, 6) is 0.486. The van der Waals surface area contributed by atoms with Crippen LogP contribution in [0.4, 0.5) is 17.6 Å². The summed E-state index contributed by atoms with van der Waals surface area (Å²) < 4.78 is 51.4. The molecule has 0 unspecified atom stereocenters. The average molecular weight is 441 g/mol. The maximum Gasteiger partial charge on any atom is 0.213 e. The van der Waals surface area contributed by atoms with Crippen molar-refractivity contribution in [3.05, 3.63) is 78.0 Å². The summed E-state index contributed by atoms with van der Waals surface area (Å²) >= 11 is 0. The molecule has 166 valence electrons. The predicted molar refractivity (Wildman–Crippen MR) is 102 cm³/mol. The van der Waals surface area contributed by atoms with Crippen LogP contribution in [0.3, 0.4) is 0 Å². The highest BCUT2D eigenvalue weighted by Crippen LogP contribution is 2.17. The minimum Gasteiger partial charge on any atom is -0.383 e. The molecule has 0 amide bonds. The molecule has 0 aliphatic heterocycles. The van der Waals surface area contributed by atoms with E-state index in [1.807, 2.05) is 0 Å². The number of H-pyrrole nitrogens is 1. The quantitative estimate of drug-likeness (QED) is 0.121. The number of ketones is 1. The van der Waals surface area contributed by atoms with Gasteiger partial charge >= 0.3 is 0 Å². The number of allylic oxidation sites excluding steroid dienone is 1. The molecule has 0 saturated carbocycles. The number of hydrazine groups is 1. The summed E-state index contributed by atoms with van der Waals surface area (Å²) in [4.78, 5) is 19.5. The van der Waals surface area contributed by atoms with Gasteiger partial charge < -0.3 is 10.1 Å². The largest absolute Gasteiger partial charge is 0.383 e. The van der Waals surface area contributed by atoms with E-state index in [4.69, 9.17) is 5.21 Å². The number of hydrogen-bond acceptors (Lipinski definition) is 8. The first-order chi connectivity index (χ1) is 14.7. The van der Waals surface area contributed by atoms with Gasteiger partial charge in [0.15, 0.2) is 11.6 Å². The zero-order valence-corrected chi connectivity index (χ0v) is 16.4. The Morgan fingerprint density at radius 1 is 1.06 bits per heavy atom. The molecular formula is C18H19F4N7O2. The lowest BCUT2D eigenvalue weighted by atomic mass is 10.2. The number of nitrogens with two attached hydrogens (primary N) is 1. The van der Waals surface area contributed by atoms with Crippen LogP contribution in [0.15, 0.2) is 48.8 Å². The summed E-state index contributed by atoms with van der Waals surface area (Å²) in [7, 11) is 3.41. The molecule has 3 heterocycles. The molecule has 0 radical (unpaired) electrons. The molecule has 0 atom stereocenters. The van der Waals surface area contributed by atoms with Gasteiger partial charge in [0.2, 0.25) is 17.7 Å². The molecule has 0 aliphatic carbocycles.